The van der Waals surface area contributed by atoms with Gasteiger partial charge in [0, 0.05) is 13.5 Å². The van der Waals surface area contributed by atoms with Crippen molar-refractivity contribution in [2.45, 2.75) is 45.6 Å². The first kappa shape index (κ1) is 11.2. The molecule has 0 amide bonds. The van der Waals surface area contributed by atoms with Crippen LogP contribution < -0.4 is 5.73 Å². The lowest BCUT2D eigenvalue weighted by Gasteiger charge is -2.07. The number of hydrogen-bond donors (Lipinski definition) is 1. The minimum atomic E-state index is 0.0307. The van der Waals surface area contributed by atoms with Crippen molar-refractivity contribution in [2.75, 3.05) is 0 Å². The molecule has 0 saturated heterocycles. The molecule has 0 aliphatic rings. The van der Waals surface area contributed by atoms with Crippen LogP contribution in [-0.2, 0) is 13.5 Å². The summed E-state index contributed by atoms with van der Waals surface area (Å²) in [6.07, 6.45) is 4.06. The summed E-state index contributed by atoms with van der Waals surface area (Å²) in [5.74, 6) is 1.83. The molecule has 1 rings (SSSR count). The standard InChI is InChI=1S/C10H20N4/c1-4-6-8(11)10-12-9(7-5-2)13-14(10)3/h8H,4-7,11H2,1-3H3. The number of nitrogens with two attached hydrogens (primary N) is 1. The maximum atomic E-state index is 5.99. The smallest absolute Gasteiger partial charge is 0.151 e. The van der Waals surface area contributed by atoms with Gasteiger partial charge >= 0.3 is 0 Å². The van der Waals surface area contributed by atoms with Gasteiger partial charge in [-0.3, -0.25) is 4.68 Å². The van der Waals surface area contributed by atoms with Gasteiger partial charge in [0.1, 0.15) is 5.82 Å². The van der Waals surface area contributed by atoms with Gasteiger partial charge < -0.3 is 5.73 Å². The third-order valence-corrected chi connectivity index (χ3v) is 2.25. The van der Waals surface area contributed by atoms with E-state index < -0.39 is 0 Å². The molecule has 14 heavy (non-hydrogen) atoms. The van der Waals surface area contributed by atoms with Crippen molar-refractivity contribution in [2.24, 2.45) is 12.8 Å². The Morgan fingerprint density at radius 3 is 2.64 bits per heavy atom. The molecule has 0 saturated carbocycles. The molecule has 0 radical (unpaired) electrons. The third-order valence-electron chi connectivity index (χ3n) is 2.25. The van der Waals surface area contributed by atoms with E-state index in [0.29, 0.717) is 0 Å². The lowest BCUT2D eigenvalue weighted by molar-refractivity contribution is 0.560. The van der Waals surface area contributed by atoms with Crippen LogP contribution in [0.25, 0.3) is 0 Å². The summed E-state index contributed by atoms with van der Waals surface area (Å²) in [4.78, 5) is 4.44. The fraction of sp³-hybridized carbons (Fsp3) is 0.800. The van der Waals surface area contributed by atoms with Crippen LogP contribution in [0, 0.1) is 0 Å². The molecule has 4 heteroatoms. The largest absolute Gasteiger partial charge is 0.321 e. The van der Waals surface area contributed by atoms with E-state index in [1.165, 1.54) is 0 Å². The molecule has 2 N–H and O–H groups in total. The molecule has 0 aliphatic carbocycles. The van der Waals surface area contributed by atoms with Gasteiger partial charge in [0.05, 0.1) is 6.04 Å². The first-order valence-electron chi connectivity index (χ1n) is 5.34. The van der Waals surface area contributed by atoms with Crippen molar-refractivity contribution in [3.8, 4) is 0 Å². The molecule has 1 atom stereocenters. The van der Waals surface area contributed by atoms with E-state index in [9.17, 15) is 0 Å². The van der Waals surface area contributed by atoms with Gasteiger partial charge in [-0.2, -0.15) is 5.10 Å². The topological polar surface area (TPSA) is 56.7 Å². The first-order chi connectivity index (χ1) is 6.69. The van der Waals surface area contributed by atoms with Gasteiger partial charge in [-0.05, 0) is 12.8 Å². The van der Waals surface area contributed by atoms with Crippen LogP contribution in [0.5, 0.6) is 0 Å². The Labute approximate surface area is 85.5 Å². The third kappa shape index (κ3) is 2.54. The van der Waals surface area contributed by atoms with E-state index in [1.807, 2.05) is 11.7 Å². The van der Waals surface area contributed by atoms with E-state index in [-0.39, 0.29) is 6.04 Å². The second-order valence-electron chi connectivity index (χ2n) is 3.66. The van der Waals surface area contributed by atoms with Crippen LogP contribution in [0.4, 0.5) is 0 Å². The average Bonchev–Trinajstić information content (AvgIpc) is 2.48. The summed E-state index contributed by atoms with van der Waals surface area (Å²) >= 11 is 0. The zero-order chi connectivity index (χ0) is 10.6. The summed E-state index contributed by atoms with van der Waals surface area (Å²) < 4.78 is 1.81. The highest BCUT2D eigenvalue weighted by Gasteiger charge is 2.13. The number of aryl methyl sites for hydroxylation is 2. The minimum absolute atomic E-state index is 0.0307. The van der Waals surface area contributed by atoms with Gasteiger partial charge in [-0.1, -0.05) is 20.3 Å². The van der Waals surface area contributed by atoms with Crippen molar-refractivity contribution in [1.82, 2.24) is 14.8 Å². The first-order valence-corrected chi connectivity index (χ1v) is 5.34. The van der Waals surface area contributed by atoms with E-state index in [4.69, 9.17) is 5.73 Å². The Bertz CT molecular complexity index is 280. The molecule has 0 aliphatic heterocycles. The Balaban J connectivity index is 2.75. The number of rotatable bonds is 5. The van der Waals surface area contributed by atoms with Crippen LogP contribution in [0.15, 0.2) is 0 Å². The maximum Gasteiger partial charge on any atom is 0.151 e. The molecule has 4 nitrogen and oxygen atoms in total. The van der Waals surface area contributed by atoms with Gasteiger partial charge in [-0.15, -0.1) is 0 Å². The zero-order valence-electron chi connectivity index (χ0n) is 9.32. The van der Waals surface area contributed by atoms with Crippen LogP contribution >= 0.6 is 0 Å². The van der Waals surface area contributed by atoms with Crippen molar-refractivity contribution in [1.29, 1.82) is 0 Å². The molecule has 0 fully saturated rings. The molecule has 0 aromatic carbocycles. The molecule has 0 spiro atoms. The predicted molar refractivity (Wildman–Crippen MR) is 56.8 cm³/mol. The van der Waals surface area contributed by atoms with Crippen molar-refractivity contribution in [3.05, 3.63) is 11.6 Å². The number of nitrogens with zero attached hydrogens (tertiary/aromatic N) is 3. The van der Waals surface area contributed by atoms with Crippen molar-refractivity contribution in [3.63, 3.8) is 0 Å². The highest BCUT2D eigenvalue weighted by atomic mass is 15.3. The molecule has 0 bridgehead atoms. The van der Waals surface area contributed by atoms with E-state index in [2.05, 4.69) is 23.9 Å². The molecule has 1 aromatic heterocycles. The molecular weight excluding hydrogens is 176 g/mol. The Kier molecular flexibility index (Phi) is 4.07. The maximum absolute atomic E-state index is 5.99. The Morgan fingerprint density at radius 2 is 2.07 bits per heavy atom. The fourth-order valence-corrected chi connectivity index (χ4v) is 1.54. The second-order valence-corrected chi connectivity index (χ2v) is 3.66. The van der Waals surface area contributed by atoms with Gasteiger partial charge in [0.25, 0.3) is 0 Å². The van der Waals surface area contributed by atoms with Crippen LogP contribution in [0.1, 0.15) is 50.8 Å². The second kappa shape index (κ2) is 5.10. The molecule has 80 valence electrons. The SMILES string of the molecule is CCCc1nc(C(N)CCC)n(C)n1. The quantitative estimate of drug-likeness (QED) is 0.777. The summed E-state index contributed by atoms with van der Waals surface area (Å²) in [7, 11) is 1.91. The zero-order valence-corrected chi connectivity index (χ0v) is 9.32. The fourth-order valence-electron chi connectivity index (χ4n) is 1.54. The van der Waals surface area contributed by atoms with Crippen LogP contribution in [0.3, 0.4) is 0 Å². The van der Waals surface area contributed by atoms with Gasteiger partial charge in [0.2, 0.25) is 0 Å². The van der Waals surface area contributed by atoms with Crippen LogP contribution in [0.2, 0.25) is 0 Å². The highest BCUT2D eigenvalue weighted by molar-refractivity contribution is 4.98. The number of hydrogen-bond acceptors (Lipinski definition) is 3. The molecule has 1 aromatic rings. The molecular formula is C10H20N4. The average molecular weight is 196 g/mol. The normalized spacial score (nSPS) is 13.1. The summed E-state index contributed by atoms with van der Waals surface area (Å²) in [5.41, 5.74) is 5.99. The number of aromatic nitrogens is 3. The Morgan fingerprint density at radius 1 is 1.36 bits per heavy atom. The van der Waals surface area contributed by atoms with Crippen LogP contribution in [-0.4, -0.2) is 14.8 Å². The molecule has 1 heterocycles. The van der Waals surface area contributed by atoms with E-state index >= 15 is 0 Å². The summed E-state index contributed by atoms with van der Waals surface area (Å²) in [6, 6.07) is 0.0307. The lowest BCUT2D eigenvalue weighted by Crippen LogP contribution is -2.15. The van der Waals surface area contributed by atoms with Crippen molar-refractivity contribution >= 4 is 0 Å². The Hall–Kier alpha value is -0.900. The highest BCUT2D eigenvalue weighted by Crippen LogP contribution is 2.13. The van der Waals surface area contributed by atoms with E-state index in [1.54, 1.807) is 0 Å². The monoisotopic (exact) mass is 196 g/mol. The minimum Gasteiger partial charge on any atom is -0.321 e. The molecule has 1 unspecified atom stereocenters. The predicted octanol–water partition coefficient (Wildman–Crippen LogP) is 1.57. The van der Waals surface area contributed by atoms with Gasteiger partial charge in [0.15, 0.2) is 5.82 Å². The summed E-state index contributed by atoms with van der Waals surface area (Å²) in [6.45, 7) is 4.26. The summed E-state index contributed by atoms with van der Waals surface area (Å²) in [5, 5.41) is 4.33. The lowest BCUT2D eigenvalue weighted by atomic mass is 10.2. The van der Waals surface area contributed by atoms with Crippen molar-refractivity contribution < 1.29 is 0 Å². The van der Waals surface area contributed by atoms with E-state index in [0.717, 1.165) is 37.3 Å². The van der Waals surface area contributed by atoms with Gasteiger partial charge in [-0.25, -0.2) is 4.98 Å².